The van der Waals surface area contributed by atoms with E-state index in [1.165, 1.54) is 0 Å². The maximum Gasteiger partial charge on any atom is 0.240 e. The molecule has 0 saturated carbocycles. The Hall–Kier alpha value is -0.950. The van der Waals surface area contributed by atoms with E-state index in [0.29, 0.717) is 0 Å². The van der Waals surface area contributed by atoms with Crippen LogP contribution in [0.15, 0.2) is 29.2 Å². The van der Waals surface area contributed by atoms with Crippen molar-refractivity contribution in [2.24, 2.45) is 5.90 Å². The molecule has 1 rings (SSSR count). The van der Waals surface area contributed by atoms with Crippen LogP contribution in [0.2, 0.25) is 0 Å². The lowest BCUT2D eigenvalue weighted by Gasteiger charge is -2.12. The van der Waals surface area contributed by atoms with E-state index in [-0.39, 0.29) is 17.5 Å². The van der Waals surface area contributed by atoms with Crippen molar-refractivity contribution < 1.29 is 13.3 Å². The zero-order chi connectivity index (χ0) is 12.2. The van der Waals surface area contributed by atoms with E-state index >= 15 is 0 Å². The first-order valence-corrected chi connectivity index (χ1v) is 6.34. The van der Waals surface area contributed by atoms with Crippen LogP contribution in [0.4, 0.5) is 0 Å². The monoisotopic (exact) mass is 244 g/mol. The van der Waals surface area contributed by atoms with Crippen LogP contribution in [0, 0.1) is 6.92 Å². The Bertz CT molecular complexity index is 428. The lowest BCUT2D eigenvalue weighted by molar-refractivity contribution is 0.124. The third-order valence-electron chi connectivity index (χ3n) is 2.03. The number of sulfonamides is 1. The highest BCUT2D eigenvalue weighted by Gasteiger charge is 2.16. The highest BCUT2D eigenvalue weighted by molar-refractivity contribution is 7.89. The SMILES string of the molecule is Cc1ccc(S(=O)(=O)NC(C)CON)cc1. The fourth-order valence-electron chi connectivity index (χ4n) is 1.23. The van der Waals surface area contributed by atoms with Gasteiger partial charge in [-0.3, -0.25) is 0 Å². The van der Waals surface area contributed by atoms with Gasteiger partial charge in [-0.1, -0.05) is 17.7 Å². The summed E-state index contributed by atoms with van der Waals surface area (Å²) in [6.45, 7) is 3.71. The predicted octanol–water partition coefficient (Wildman–Crippen LogP) is 0.552. The highest BCUT2D eigenvalue weighted by Crippen LogP contribution is 2.10. The second-order valence-corrected chi connectivity index (χ2v) is 5.38. The second kappa shape index (κ2) is 5.40. The van der Waals surface area contributed by atoms with Crippen molar-refractivity contribution in [3.05, 3.63) is 29.8 Å². The van der Waals surface area contributed by atoms with E-state index in [1.54, 1.807) is 31.2 Å². The van der Waals surface area contributed by atoms with Crippen LogP contribution in [0.5, 0.6) is 0 Å². The fourth-order valence-corrected chi connectivity index (χ4v) is 2.46. The van der Waals surface area contributed by atoms with Crippen molar-refractivity contribution in [2.75, 3.05) is 6.61 Å². The number of benzene rings is 1. The summed E-state index contributed by atoms with van der Waals surface area (Å²) in [5.41, 5.74) is 1.01. The predicted molar refractivity (Wildman–Crippen MR) is 61.1 cm³/mol. The molecular weight excluding hydrogens is 228 g/mol. The Morgan fingerprint density at radius 3 is 2.44 bits per heavy atom. The molecule has 1 aromatic rings. The largest absolute Gasteiger partial charge is 0.303 e. The molecule has 1 atom stereocenters. The van der Waals surface area contributed by atoms with E-state index in [1.807, 2.05) is 6.92 Å². The van der Waals surface area contributed by atoms with E-state index < -0.39 is 10.0 Å². The van der Waals surface area contributed by atoms with Crippen LogP contribution >= 0.6 is 0 Å². The molecule has 0 amide bonds. The summed E-state index contributed by atoms with van der Waals surface area (Å²) < 4.78 is 26.1. The first-order valence-electron chi connectivity index (χ1n) is 4.86. The molecule has 16 heavy (non-hydrogen) atoms. The summed E-state index contributed by atoms with van der Waals surface area (Å²) in [6, 6.07) is 6.26. The van der Waals surface area contributed by atoms with Gasteiger partial charge in [0.1, 0.15) is 0 Å². The van der Waals surface area contributed by atoms with Crippen LogP contribution in [0.25, 0.3) is 0 Å². The van der Waals surface area contributed by atoms with E-state index in [9.17, 15) is 8.42 Å². The van der Waals surface area contributed by atoms with E-state index in [4.69, 9.17) is 5.90 Å². The summed E-state index contributed by atoms with van der Waals surface area (Å²) in [7, 11) is -3.48. The minimum absolute atomic E-state index is 0.130. The van der Waals surface area contributed by atoms with Gasteiger partial charge in [0.15, 0.2) is 0 Å². The summed E-state index contributed by atoms with van der Waals surface area (Å²) in [5.74, 6) is 4.87. The molecule has 1 unspecified atom stereocenters. The minimum Gasteiger partial charge on any atom is -0.303 e. The van der Waals surface area contributed by atoms with Crippen LogP contribution < -0.4 is 10.6 Å². The molecule has 0 spiro atoms. The zero-order valence-corrected chi connectivity index (χ0v) is 10.1. The van der Waals surface area contributed by atoms with Crippen molar-refractivity contribution in [1.29, 1.82) is 0 Å². The molecule has 0 aliphatic carbocycles. The standard InChI is InChI=1S/C10H16N2O3S/c1-8-3-5-10(6-4-8)16(13,14)12-9(2)7-15-11/h3-6,9,12H,7,11H2,1-2H3. The van der Waals surface area contributed by atoms with Crippen molar-refractivity contribution in [1.82, 2.24) is 4.72 Å². The summed E-state index contributed by atoms with van der Waals surface area (Å²) in [5, 5.41) is 0. The average molecular weight is 244 g/mol. The minimum atomic E-state index is -3.48. The summed E-state index contributed by atoms with van der Waals surface area (Å²) in [4.78, 5) is 4.62. The van der Waals surface area contributed by atoms with Gasteiger partial charge in [-0.2, -0.15) is 0 Å². The summed E-state index contributed by atoms with van der Waals surface area (Å²) in [6.07, 6.45) is 0. The first-order chi connectivity index (χ1) is 7.45. The Morgan fingerprint density at radius 2 is 1.94 bits per heavy atom. The molecule has 90 valence electrons. The molecule has 0 aliphatic rings. The van der Waals surface area contributed by atoms with Gasteiger partial charge in [0.2, 0.25) is 10.0 Å². The van der Waals surface area contributed by atoms with Gasteiger partial charge in [0.25, 0.3) is 0 Å². The van der Waals surface area contributed by atoms with Gasteiger partial charge in [-0.05, 0) is 26.0 Å². The molecule has 0 aliphatic heterocycles. The van der Waals surface area contributed by atoms with E-state index in [2.05, 4.69) is 9.56 Å². The van der Waals surface area contributed by atoms with Gasteiger partial charge >= 0.3 is 0 Å². The molecule has 0 saturated heterocycles. The average Bonchev–Trinajstić information content (AvgIpc) is 2.17. The smallest absolute Gasteiger partial charge is 0.240 e. The Balaban J connectivity index is 2.82. The molecule has 0 aromatic heterocycles. The van der Waals surface area contributed by atoms with Gasteiger partial charge < -0.3 is 4.84 Å². The highest BCUT2D eigenvalue weighted by atomic mass is 32.2. The van der Waals surface area contributed by atoms with Gasteiger partial charge in [-0.25, -0.2) is 19.0 Å². The molecule has 0 radical (unpaired) electrons. The van der Waals surface area contributed by atoms with Gasteiger partial charge in [0, 0.05) is 6.04 Å². The Labute approximate surface area is 95.6 Å². The van der Waals surface area contributed by atoms with Crippen LogP contribution in [-0.4, -0.2) is 21.1 Å². The number of nitrogens with one attached hydrogen (secondary N) is 1. The number of nitrogens with two attached hydrogens (primary N) is 1. The topological polar surface area (TPSA) is 81.4 Å². The third-order valence-corrected chi connectivity index (χ3v) is 3.64. The lowest BCUT2D eigenvalue weighted by Crippen LogP contribution is -2.36. The fraction of sp³-hybridized carbons (Fsp3) is 0.400. The van der Waals surface area contributed by atoms with Crippen LogP contribution in [0.1, 0.15) is 12.5 Å². The molecular formula is C10H16N2O3S. The zero-order valence-electron chi connectivity index (χ0n) is 9.30. The lowest BCUT2D eigenvalue weighted by atomic mass is 10.2. The maximum atomic E-state index is 11.8. The third kappa shape index (κ3) is 3.57. The van der Waals surface area contributed by atoms with Crippen LogP contribution in [0.3, 0.4) is 0 Å². The van der Waals surface area contributed by atoms with Crippen molar-refractivity contribution in [3.63, 3.8) is 0 Å². The van der Waals surface area contributed by atoms with Gasteiger partial charge in [0.05, 0.1) is 11.5 Å². The van der Waals surface area contributed by atoms with Crippen molar-refractivity contribution in [3.8, 4) is 0 Å². The Morgan fingerprint density at radius 1 is 1.38 bits per heavy atom. The van der Waals surface area contributed by atoms with E-state index in [0.717, 1.165) is 5.56 Å². The van der Waals surface area contributed by atoms with Crippen molar-refractivity contribution in [2.45, 2.75) is 24.8 Å². The number of aryl methyl sites for hydroxylation is 1. The van der Waals surface area contributed by atoms with Crippen molar-refractivity contribution >= 4 is 10.0 Å². The quantitative estimate of drug-likeness (QED) is 0.741. The Kier molecular flexibility index (Phi) is 4.43. The summed E-state index contributed by atoms with van der Waals surface area (Å²) >= 11 is 0. The molecule has 5 nitrogen and oxygen atoms in total. The normalized spacial score (nSPS) is 13.7. The second-order valence-electron chi connectivity index (χ2n) is 3.67. The molecule has 0 fully saturated rings. The number of rotatable bonds is 5. The molecule has 6 heteroatoms. The van der Waals surface area contributed by atoms with Crippen LogP contribution in [-0.2, 0) is 14.9 Å². The number of hydrogen-bond acceptors (Lipinski definition) is 4. The molecule has 0 heterocycles. The first kappa shape index (κ1) is 13.1. The maximum absolute atomic E-state index is 11.8. The number of hydrogen-bond donors (Lipinski definition) is 2. The molecule has 1 aromatic carbocycles. The molecule has 0 bridgehead atoms. The molecule has 3 N–H and O–H groups in total. The van der Waals surface area contributed by atoms with Gasteiger partial charge in [-0.15, -0.1) is 0 Å².